The van der Waals surface area contributed by atoms with Crippen LogP contribution in [0, 0.1) is 0 Å². The first kappa shape index (κ1) is 19.5. The molecule has 1 aromatic heterocycles. The number of benzene rings is 1. The molecular weight excluding hydrogens is 362 g/mol. The standard InChI is InChI=1S/C20H25N3O3S/c24-19(7-9-21-20(25)18-2-1-13-26-18)22-17-5-3-16(4-6-17)8-10-23-11-14-27-15-12-23/h1-6,13H,7-12,14-15H2,(H,21,25)(H,22,24). The summed E-state index contributed by atoms with van der Waals surface area (Å²) in [7, 11) is 0. The van der Waals surface area contributed by atoms with Gasteiger partial charge in [-0.2, -0.15) is 11.8 Å². The second-order valence-corrected chi connectivity index (χ2v) is 7.66. The molecule has 2 N–H and O–H groups in total. The first-order valence-corrected chi connectivity index (χ1v) is 10.4. The van der Waals surface area contributed by atoms with Crippen LogP contribution in [0.2, 0.25) is 0 Å². The Bertz CT molecular complexity index is 725. The first-order chi connectivity index (χ1) is 13.2. The number of carbonyl (C=O) groups is 2. The molecule has 144 valence electrons. The van der Waals surface area contributed by atoms with Gasteiger partial charge >= 0.3 is 0 Å². The maximum Gasteiger partial charge on any atom is 0.286 e. The number of nitrogens with zero attached hydrogens (tertiary/aromatic N) is 1. The van der Waals surface area contributed by atoms with E-state index in [1.165, 1.54) is 36.4 Å². The summed E-state index contributed by atoms with van der Waals surface area (Å²) in [6.45, 7) is 3.70. The van der Waals surface area contributed by atoms with E-state index >= 15 is 0 Å². The molecule has 0 spiro atoms. The van der Waals surface area contributed by atoms with Gasteiger partial charge in [0.05, 0.1) is 6.26 Å². The summed E-state index contributed by atoms with van der Waals surface area (Å²) >= 11 is 2.02. The Morgan fingerprint density at radius 2 is 1.89 bits per heavy atom. The molecule has 1 aliphatic rings. The Morgan fingerprint density at radius 1 is 1.11 bits per heavy atom. The quantitative estimate of drug-likeness (QED) is 0.728. The van der Waals surface area contributed by atoms with Gasteiger partial charge in [-0.25, -0.2) is 0 Å². The lowest BCUT2D eigenvalue weighted by atomic mass is 10.1. The summed E-state index contributed by atoms with van der Waals surface area (Å²) in [6, 6.07) is 11.2. The highest BCUT2D eigenvalue weighted by molar-refractivity contribution is 7.99. The number of carbonyl (C=O) groups excluding carboxylic acids is 2. The van der Waals surface area contributed by atoms with E-state index in [1.807, 2.05) is 23.9 Å². The maximum absolute atomic E-state index is 12.0. The van der Waals surface area contributed by atoms with E-state index < -0.39 is 0 Å². The Morgan fingerprint density at radius 3 is 2.59 bits per heavy atom. The van der Waals surface area contributed by atoms with Crippen LogP contribution in [0.3, 0.4) is 0 Å². The monoisotopic (exact) mass is 387 g/mol. The normalized spacial score (nSPS) is 14.7. The van der Waals surface area contributed by atoms with Crippen LogP contribution >= 0.6 is 11.8 Å². The van der Waals surface area contributed by atoms with Crippen LogP contribution in [-0.2, 0) is 11.2 Å². The molecule has 3 rings (SSSR count). The summed E-state index contributed by atoms with van der Waals surface area (Å²) in [4.78, 5) is 26.2. The largest absolute Gasteiger partial charge is 0.459 e. The number of thioether (sulfide) groups is 1. The van der Waals surface area contributed by atoms with Gasteiger partial charge in [-0.15, -0.1) is 0 Å². The molecule has 0 aliphatic carbocycles. The number of hydrogen-bond acceptors (Lipinski definition) is 5. The molecule has 0 bridgehead atoms. The fourth-order valence-corrected chi connectivity index (χ4v) is 3.85. The Balaban J connectivity index is 1.35. The predicted molar refractivity (Wildman–Crippen MR) is 108 cm³/mol. The lowest BCUT2D eigenvalue weighted by molar-refractivity contribution is -0.116. The SMILES string of the molecule is O=C(CCNC(=O)c1ccco1)Nc1ccc(CCN2CCSCC2)cc1. The molecule has 1 saturated heterocycles. The lowest BCUT2D eigenvalue weighted by Crippen LogP contribution is -2.34. The third-order valence-electron chi connectivity index (χ3n) is 4.44. The van der Waals surface area contributed by atoms with Crippen molar-refractivity contribution in [3.63, 3.8) is 0 Å². The third kappa shape index (κ3) is 6.45. The van der Waals surface area contributed by atoms with Crippen molar-refractivity contribution in [2.75, 3.05) is 43.0 Å². The van der Waals surface area contributed by atoms with Crippen molar-refractivity contribution >= 4 is 29.3 Å². The smallest absolute Gasteiger partial charge is 0.286 e. The summed E-state index contributed by atoms with van der Waals surface area (Å²) in [6.07, 6.45) is 2.68. The molecule has 6 nitrogen and oxygen atoms in total. The number of furan rings is 1. The van der Waals surface area contributed by atoms with Crippen LogP contribution < -0.4 is 10.6 Å². The van der Waals surface area contributed by atoms with Crippen molar-refractivity contribution in [1.29, 1.82) is 0 Å². The Labute approximate surface area is 163 Å². The number of hydrogen-bond donors (Lipinski definition) is 2. The summed E-state index contributed by atoms with van der Waals surface area (Å²) in [5.41, 5.74) is 2.05. The van der Waals surface area contributed by atoms with Crippen LogP contribution in [0.4, 0.5) is 5.69 Å². The zero-order valence-electron chi connectivity index (χ0n) is 15.3. The van der Waals surface area contributed by atoms with Crippen LogP contribution in [0.15, 0.2) is 47.1 Å². The van der Waals surface area contributed by atoms with Crippen molar-refractivity contribution in [2.45, 2.75) is 12.8 Å². The summed E-state index contributed by atoms with van der Waals surface area (Å²) in [5.74, 6) is 2.26. The van der Waals surface area contributed by atoms with Gasteiger partial charge in [0.15, 0.2) is 5.76 Å². The van der Waals surface area contributed by atoms with Crippen LogP contribution in [0.5, 0.6) is 0 Å². The number of rotatable bonds is 8. The topological polar surface area (TPSA) is 74.6 Å². The lowest BCUT2D eigenvalue weighted by Gasteiger charge is -2.26. The molecule has 7 heteroatoms. The minimum Gasteiger partial charge on any atom is -0.459 e. The van der Waals surface area contributed by atoms with Crippen molar-refractivity contribution in [2.24, 2.45) is 0 Å². The van der Waals surface area contributed by atoms with Crippen molar-refractivity contribution in [1.82, 2.24) is 10.2 Å². The number of nitrogens with one attached hydrogen (secondary N) is 2. The zero-order chi connectivity index (χ0) is 18.9. The fourth-order valence-electron chi connectivity index (χ4n) is 2.87. The Hall–Kier alpha value is -2.25. The van der Waals surface area contributed by atoms with E-state index in [-0.39, 0.29) is 30.5 Å². The molecule has 1 fully saturated rings. The second kappa shape index (κ2) is 10.2. The van der Waals surface area contributed by atoms with E-state index in [9.17, 15) is 9.59 Å². The molecule has 1 aliphatic heterocycles. The van der Waals surface area contributed by atoms with Crippen molar-refractivity contribution in [3.05, 3.63) is 54.0 Å². The molecule has 1 aromatic carbocycles. The molecule has 2 amide bonds. The molecule has 0 unspecified atom stereocenters. The summed E-state index contributed by atoms with van der Waals surface area (Å²) < 4.78 is 5.00. The van der Waals surface area contributed by atoms with Gasteiger partial charge in [-0.05, 0) is 36.2 Å². The average Bonchev–Trinajstić information content (AvgIpc) is 3.23. The highest BCUT2D eigenvalue weighted by Crippen LogP contribution is 2.13. The molecule has 0 saturated carbocycles. The van der Waals surface area contributed by atoms with Crippen molar-refractivity contribution < 1.29 is 14.0 Å². The van der Waals surface area contributed by atoms with Gasteiger partial charge in [0.1, 0.15) is 0 Å². The maximum atomic E-state index is 12.0. The van der Waals surface area contributed by atoms with Gasteiger partial charge < -0.3 is 20.0 Å². The van der Waals surface area contributed by atoms with E-state index in [0.29, 0.717) is 0 Å². The van der Waals surface area contributed by atoms with Gasteiger partial charge in [0.2, 0.25) is 5.91 Å². The molecule has 0 radical (unpaired) electrons. The fraction of sp³-hybridized carbons (Fsp3) is 0.400. The van der Waals surface area contributed by atoms with E-state index in [4.69, 9.17) is 4.42 Å². The van der Waals surface area contributed by atoms with E-state index in [2.05, 4.69) is 27.7 Å². The number of amides is 2. The van der Waals surface area contributed by atoms with Crippen LogP contribution in [0.25, 0.3) is 0 Å². The van der Waals surface area contributed by atoms with Gasteiger partial charge in [-0.1, -0.05) is 12.1 Å². The molecule has 2 aromatic rings. The highest BCUT2D eigenvalue weighted by atomic mass is 32.2. The first-order valence-electron chi connectivity index (χ1n) is 9.21. The highest BCUT2D eigenvalue weighted by Gasteiger charge is 2.11. The van der Waals surface area contributed by atoms with Gasteiger partial charge in [0, 0.05) is 49.8 Å². The minimum absolute atomic E-state index is 0.131. The van der Waals surface area contributed by atoms with Gasteiger partial charge in [0.25, 0.3) is 5.91 Å². The molecule has 27 heavy (non-hydrogen) atoms. The second-order valence-electron chi connectivity index (χ2n) is 6.43. The van der Waals surface area contributed by atoms with Crippen LogP contribution in [-0.4, -0.2) is 54.4 Å². The zero-order valence-corrected chi connectivity index (χ0v) is 16.1. The van der Waals surface area contributed by atoms with E-state index in [0.717, 1.165) is 18.7 Å². The Kier molecular flexibility index (Phi) is 7.36. The molecular formula is C20H25N3O3S. The summed E-state index contributed by atoms with van der Waals surface area (Å²) in [5, 5.41) is 5.52. The molecule has 2 heterocycles. The third-order valence-corrected chi connectivity index (χ3v) is 5.38. The van der Waals surface area contributed by atoms with Crippen LogP contribution in [0.1, 0.15) is 22.5 Å². The average molecular weight is 388 g/mol. The van der Waals surface area contributed by atoms with E-state index in [1.54, 1.807) is 12.1 Å². The van der Waals surface area contributed by atoms with Gasteiger partial charge in [-0.3, -0.25) is 9.59 Å². The minimum atomic E-state index is -0.315. The van der Waals surface area contributed by atoms with Crippen molar-refractivity contribution in [3.8, 4) is 0 Å². The number of anilines is 1. The molecule has 0 atom stereocenters. The predicted octanol–water partition coefficient (Wildman–Crippen LogP) is 2.63.